The smallest absolute Gasteiger partial charge is 0.285 e. The maximum atomic E-state index is 14.3. The molecule has 0 N–H and O–H groups in total. The zero-order valence-electron chi connectivity index (χ0n) is 28.5. The lowest BCUT2D eigenvalue weighted by atomic mass is 9.68. The second-order valence-electron chi connectivity index (χ2n) is 14.3. The monoisotopic (exact) mass is 682 g/mol. The molecule has 4 aliphatic rings. The van der Waals surface area contributed by atoms with Gasteiger partial charge in [0.25, 0.3) is 5.91 Å². The molecule has 0 unspecified atom stereocenters. The Balaban J connectivity index is 1.27. The van der Waals surface area contributed by atoms with Crippen molar-refractivity contribution < 1.29 is 23.3 Å². The largest absolute Gasteiger partial charge is 0.490 e. The number of hydrogen-bond acceptors (Lipinski definition) is 8. The third-order valence-corrected chi connectivity index (χ3v) is 13.1. The average Bonchev–Trinajstić information content (AvgIpc) is 3.22. The summed E-state index contributed by atoms with van der Waals surface area (Å²) >= 11 is 0. The topological polar surface area (TPSA) is 111 Å². The highest BCUT2D eigenvalue weighted by Gasteiger charge is 2.44. The molecular weight excluding hydrogens is 637 g/mol. The average molecular weight is 683 g/mol. The number of allylic oxidation sites excluding steroid dienone is 1. The molecule has 2 bridgehead atoms. The number of hydrogen-bond donors (Lipinski definition) is 0. The number of fused-ring (bicyclic) bond motifs is 4. The van der Waals surface area contributed by atoms with Crippen LogP contribution in [0.5, 0.6) is 5.75 Å². The predicted octanol–water partition coefficient (Wildman–Crippen LogP) is 6.07. The molecule has 1 saturated carbocycles. The van der Waals surface area contributed by atoms with Crippen molar-refractivity contribution in [1.29, 1.82) is 0 Å². The number of benzene rings is 2. The SMILES string of the molecule is CO[C@H]1/C=C/CCC[S@@](=O)(CC(=O)Cc2cnccn2)=NC(=O)c2ccc3c(c2)N(C[C@@H]2CC[C@H]21)C[C@@]1(CCCc2cc(C)ccc21)CO3. The van der Waals surface area contributed by atoms with Crippen molar-refractivity contribution in [3.63, 3.8) is 0 Å². The van der Waals surface area contributed by atoms with Crippen LogP contribution in [0.15, 0.2) is 71.5 Å². The normalized spacial score (nSPS) is 29.0. The Morgan fingerprint density at radius 3 is 2.84 bits per heavy atom. The highest BCUT2D eigenvalue weighted by Crippen LogP contribution is 2.46. The number of aromatic nitrogens is 2. The van der Waals surface area contributed by atoms with Gasteiger partial charge in [0.05, 0.1) is 46.0 Å². The standard InChI is InChI=1S/C39H46N4O5S/c1-27-9-13-34-28(19-27)7-6-15-39(34)25-43-23-30-10-12-33(30)36(47-2)8-4-3-5-18-49(46,24-32(44)21-31-22-40-16-17-41-31)42-38(45)29-11-14-37(48-26-39)35(43)20-29/h4,8-9,11,13-14,16-17,19-20,22,30,33,36H,3,5-7,10,12,15,18,21,23-26H2,1-2H3/b8-4+/t30-,33+,36-,39-,49+/m0/s1. The third kappa shape index (κ3) is 7.22. The number of anilines is 1. The predicted molar refractivity (Wildman–Crippen MR) is 191 cm³/mol. The summed E-state index contributed by atoms with van der Waals surface area (Å²) in [5.41, 5.74) is 5.57. The number of carbonyl (C=O) groups is 2. The maximum absolute atomic E-state index is 14.3. The van der Waals surface area contributed by atoms with E-state index in [1.807, 2.05) is 12.1 Å². The minimum atomic E-state index is -3.20. The first-order valence-electron chi connectivity index (χ1n) is 17.6. The second-order valence-corrected chi connectivity index (χ2v) is 16.8. The Labute approximate surface area is 289 Å². The van der Waals surface area contributed by atoms with E-state index in [0.717, 1.165) is 56.6 Å². The summed E-state index contributed by atoms with van der Waals surface area (Å²) in [6, 6.07) is 12.3. The van der Waals surface area contributed by atoms with E-state index in [9.17, 15) is 13.8 Å². The maximum Gasteiger partial charge on any atom is 0.285 e. The highest BCUT2D eigenvalue weighted by molar-refractivity contribution is 7.94. The van der Waals surface area contributed by atoms with Crippen LogP contribution in [0.3, 0.4) is 0 Å². The van der Waals surface area contributed by atoms with Crippen LogP contribution in [0.1, 0.15) is 71.3 Å². The fourth-order valence-corrected chi connectivity index (χ4v) is 10.2. The number of Topliss-reactive ketones (excluding diaryl/α,β-unsaturated/α-hetero) is 1. The summed E-state index contributed by atoms with van der Waals surface area (Å²) in [4.78, 5) is 37.7. The number of amides is 1. The van der Waals surface area contributed by atoms with Crippen LogP contribution >= 0.6 is 0 Å². The molecule has 2 aliphatic carbocycles. The summed E-state index contributed by atoms with van der Waals surface area (Å²) in [5, 5.41) is 0. The number of ketones is 1. The molecule has 1 spiro atoms. The molecule has 0 radical (unpaired) electrons. The molecule has 258 valence electrons. The van der Waals surface area contributed by atoms with Crippen molar-refractivity contribution in [2.75, 3.05) is 43.2 Å². The van der Waals surface area contributed by atoms with Crippen LogP contribution in [-0.2, 0) is 37.5 Å². The number of rotatable bonds is 5. The van der Waals surface area contributed by atoms with Crippen molar-refractivity contribution in [1.82, 2.24) is 9.97 Å². The summed E-state index contributed by atoms with van der Waals surface area (Å²) in [6.45, 7) is 4.30. The van der Waals surface area contributed by atoms with Gasteiger partial charge in [-0.25, -0.2) is 4.21 Å². The van der Waals surface area contributed by atoms with Gasteiger partial charge in [-0.1, -0.05) is 35.9 Å². The minimum Gasteiger partial charge on any atom is -0.490 e. The van der Waals surface area contributed by atoms with E-state index in [4.69, 9.17) is 9.47 Å². The van der Waals surface area contributed by atoms with Gasteiger partial charge in [-0.05, 0) is 93.0 Å². The fourth-order valence-electron chi connectivity index (χ4n) is 8.28. The van der Waals surface area contributed by atoms with Crippen LogP contribution in [0.25, 0.3) is 0 Å². The van der Waals surface area contributed by atoms with Gasteiger partial charge >= 0.3 is 0 Å². The van der Waals surface area contributed by atoms with Crippen LogP contribution in [-0.4, -0.2) is 70.3 Å². The number of carbonyl (C=O) groups excluding carboxylic acids is 2. The molecule has 1 amide bonds. The molecule has 2 aromatic carbocycles. The van der Waals surface area contributed by atoms with Gasteiger partial charge in [0.2, 0.25) is 0 Å². The molecule has 49 heavy (non-hydrogen) atoms. The molecule has 0 saturated heterocycles. The van der Waals surface area contributed by atoms with E-state index < -0.39 is 15.6 Å². The van der Waals surface area contributed by atoms with E-state index in [1.165, 1.54) is 29.1 Å². The van der Waals surface area contributed by atoms with Crippen molar-refractivity contribution >= 4 is 27.1 Å². The van der Waals surface area contributed by atoms with Gasteiger partial charge in [-0.15, -0.1) is 0 Å². The molecule has 5 atom stereocenters. The van der Waals surface area contributed by atoms with E-state index >= 15 is 0 Å². The lowest BCUT2D eigenvalue weighted by molar-refractivity contribution is -0.116. The number of nitrogens with zero attached hydrogens (tertiary/aromatic N) is 4. The summed E-state index contributed by atoms with van der Waals surface area (Å²) in [6.07, 6.45) is 15.4. The third-order valence-electron chi connectivity index (χ3n) is 10.9. The minimum absolute atomic E-state index is 0.0118. The molecule has 7 rings (SSSR count). The van der Waals surface area contributed by atoms with Crippen molar-refractivity contribution in [3.8, 4) is 5.75 Å². The first-order chi connectivity index (χ1) is 23.7. The van der Waals surface area contributed by atoms with Crippen LogP contribution in [0, 0.1) is 18.8 Å². The Morgan fingerprint density at radius 1 is 1.14 bits per heavy atom. The van der Waals surface area contributed by atoms with Crippen molar-refractivity contribution in [2.45, 2.75) is 69.8 Å². The van der Waals surface area contributed by atoms with Crippen molar-refractivity contribution in [3.05, 3.63) is 95.1 Å². The van der Waals surface area contributed by atoms with E-state index in [-0.39, 0.29) is 35.2 Å². The molecular formula is C39H46N4O5S. The van der Waals surface area contributed by atoms with Crippen LogP contribution in [0.4, 0.5) is 5.69 Å². The Hall–Kier alpha value is -3.89. The van der Waals surface area contributed by atoms with Gasteiger partial charge < -0.3 is 14.4 Å². The van der Waals surface area contributed by atoms with E-state index in [2.05, 4.69) is 56.5 Å². The lowest BCUT2D eigenvalue weighted by Crippen LogP contribution is -2.49. The van der Waals surface area contributed by atoms with E-state index in [1.54, 1.807) is 19.4 Å². The molecule has 3 aromatic rings. The number of aryl methyl sites for hydroxylation is 2. The Kier molecular flexibility index (Phi) is 9.70. The zero-order chi connectivity index (χ0) is 34.0. The summed E-state index contributed by atoms with van der Waals surface area (Å²) in [7, 11) is -1.42. The van der Waals surface area contributed by atoms with Gasteiger partial charge in [-0.2, -0.15) is 4.36 Å². The van der Waals surface area contributed by atoms with Gasteiger partial charge in [-0.3, -0.25) is 19.6 Å². The van der Waals surface area contributed by atoms with Gasteiger partial charge in [0.1, 0.15) is 5.75 Å². The van der Waals surface area contributed by atoms with Crippen molar-refractivity contribution in [2.24, 2.45) is 16.2 Å². The summed E-state index contributed by atoms with van der Waals surface area (Å²) < 4.78 is 31.3. The summed E-state index contributed by atoms with van der Waals surface area (Å²) in [5.74, 6) is 0.522. The Morgan fingerprint density at radius 2 is 2.04 bits per heavy atom. The van der Waals surface area contributed by atoms with Gasteiger partial charge in [0, 0.05) is 55.5 Å². The number of methoxy groups -OCH3 is 1. The van der Waals surface area contributed by atoms with Crippen LogP contribution < -0.4 is 9.64 Å². The molecule has 3 heterocycles. The quantitative estimate of drug-likeness (QED) is 0.299. The fraction of sp³-hybridized carbons (Fsp3) is 0.487. The Bertz CT molecular complexity index is 1870. The zero-order valence-corrected chi connectivity index (χ0v) is 29.3. The highest BCUT2D eigenvalue weighted by atomic mass is 32.2. The first kappa shape index (κ1) is 33.6. The second kappa shape index (κ2) is 14.2. The first-order valence-corrected chi connectivity index (χ1v) is 19.4. The molecule has 1 fully saturated rings. The molecule has 9 nitrogen and oxygen atoms in total. The molecule has 10 heteroatoms. The number of ether oxygens (including phenoxy) is 2. The van der Waals surface area contributed by atoms with E-state index in [0.29, 0.717) is 42.5 Å². The lowest BCUT2D eigenvalue weighted by Gasteiger charge is -2.46. The molecule has 2 aliphatic heterocycles. The van der Waals surface area contributed by atoms with Crippen LogP contribution in [0.2, 0.25) is 0 Å². The molecule has 1 aromatic heterocycles. The van der Waals surface area contributed by atoms with Gasteiger partial charge in [0.15, 0.2) is 5.78 Å².